The molecule has 6 heteroatoms. The maximum atomic E-state index is 12.4. The first-order valence-electron chi connectivity index (χ1n) is 7.90. The van der Waals surface area contributed by atoms with Crippen molar-refractivity contribution in [3.05, 3.63) is 52.1 Å². The van der Waals surface area contributed by atoms with Crippen LogP contribution in [0.5, 0.6) is 5.88 Å². The second kappa shape index (κ2) is 7.77. The maximum Gasteiger partial charge on any atom is 0.257 e. The van der Waals surface area contributed by atoms with Crippen LogP contribution in [-0.4, -0.2) is 30.2 Å². The van der Waals surface area contributed by atoms with Crippen LogP contribution < -0.4 is 10.1 Å². The number of rotatable bonds is 4. The van der Waals surface area contributed by atoms with E-state index in [1.54, 1.807) is 12.1 Å². The lowest BCUT2D eigenvalue weighted by Gasteiger charge is -2.22. The average molecular weight is 391 g/mol. The Labute approximate surface area is 149 Å². The standard InChI is InChI=1S/C18H19BrN2O3/c1-12-15(19)3-2-4-16(12)21-18(22)13-5-6-17(20-11-13)24-14-7-9-23-10-8-14/h2-6,11,14H,7-10H2,1H3,(H,21,22). The zero-order valence-corrected chi connectivity index (χ0v) is 15.0. The minimum absolute atomic E-state index is 0.134. The lowest BCUT2D eigenvalue weighted by Crippen LogP contribution is -2.26. The molecular formula is C18H19BrN2O3. The van der Waals surface area contributed by atoms with Crippen molar-refractivity contribution in [1.29, 1.82) is 0 Å². The van der Waals surface area contributed by atoms with Crippen molar-refractivity contribution >= 4 is 27.5 Å². The van der Waals surface area contributed by atoms with Gasteiger partial charge in [-0.2, -0.15) is 0 Å². The number of anilines is 1. The minimum atomic E-state index is -0.193. The number of nitrogens with zero attached hydrogens (tertiary/aromatic N) is 1. The van der Waals surface area contributed by atoms with E-state index in [2.05, 4.69) is 26.2 Å². The van der Waals surface area contributed by atoms with Gasteiger partial charge >= 0.3 is 0 Å². The largest absolute Gasteiger partial charge is 0.474 e. The third-order valence-corrected chi connectivity index (χ3v) is 4.83. The van der Waals surface area contributed by atoms with E-state index in [9.17, 15) is 4.79 Å². The Bertz CT molecular complexity index is 713. The number of amides is 1. The molecule has 1 aromatic heterocycles. The first-order valence-corrected chi connectivity index (χ1v) is 8.69. The molecule has 0 spiro atoms. The lowest BCUT2D eigenvalue weighted by molar-refractivity contribution is 0.0237. The summed E-state index contributed by atoms with van der Waals surface area (Å²) in [7, 11) is 0. The molecule has 3 rings (SSSR count). The first-order chi connectivity index (χ1) is 11.6. The molecule has 2 aromatic rings. The number of nitrogens with one attached hydrogen (secondary N) is 1. The molecule has 0 aliphatic carbocycles. The third-order valence-electron chi connectivity index (χ3n) is 3.97. The number of aromatic nitrogens is 1. The van der Waals surface area contributed by atoms with Gasteiger partial charge in [-0.3, -0.25) is 4.79 Å². The van der Waals surface area contributed by atoms with E-state index < -0.39 is 0 Å². The van der Waals surface area contributed by atoms with Crippen molar-refractivity contribution in [3.8, 4) is 5.88 Å². The monoisotopic (exact) mass is 390 g/mol. The Morgan fingerprint density at radius 1 is 1.29 bits per heavy atom. The van der Waals surface area contributed by atoms with Gasteiger partial charge in [-0.25, -0.2) is 4.98 Å². The van der Waals surface area contributed by atoms with Crippen molar-refractivity contribution in [3.63, 3.8) is 0 Å². The zero-order valence-electron chi connectivity index (χ0n) is 13.4. The summed E-state index contributed by atoms with van der Waals surface area (Å²) in [4.78, 5) is 16.6. The quantitative estimate of drug-likeness (QED) is 0.857. The van der Waals surface area contributed by atoms with Gasteiger partial charge in [-0.05, 0) is 30.7 Å². The maximum absolute atomic E-state index is 12.4. The molecule has 0 atom stereocenters. The Morgan fingerprint density at radius 3 is 2.79 bits per heavy atom. The topological polar surface area (TPSA) is 60.5 Å². The molecule has 24 heavy (non-hydrogen) atoms. The molecule has 1 fully saturated rings. The van der Waals surface area contributed by atoms with Gasteiger partial charge in [-0.1, -0.05) is 22.0 Å². The number of carbonyl (C=O) groups is 1. The third kappa shape index (κ3) is 4.13. The Hall–Kier alpha value is -1.92. The SMILES string of the molecule is Cc1c(Br)cccc1NC(=O)c1ccc(OC2CCOCC2)nc1. The summed E-state index contributed by atoms with van der Waals surface area (Å²) in [6.07, 6.45) is 3.41. The van der Waals surface area contributed by atoms with Gasteiger partial charge in [0.05, 0.1) is 18.8 Å². The van der Waals surface area contributed by atoms with Crippen LogP contribution in [0.2, 0.25) is 0 Å². The van der Waals surface area contributed by atoms with Crippen LogP contribution >= 0.6 is 15.9 Å². The molecule has 1 N–H and O–H groups in total. The normalized spacial score (nSPS) is 15.1. The lowest BCUT2D eigenvalue weighted by atomic mass is 10.1. The van der Waals surface area contributed by atoms with Crippen molar-refractivity contribution in [2.45, 2.75) is 25.9 Å². The molecule has 0 unspecified atom stereocenters. The van der Waals surface area contributed by atoms with E-state index in [0.717, 1.165) is 41.8 Å². The van der Waals surface area contributed by atoms with E-state index >= 15 is 0 Å². The molecule has 126 valence electrons. The molecule has 1 aliphatic heterocycles. The molecule has 1 aromatic carbocycles. The van der Waals surface area contributed by atoms with Crippen LogP contribution in [-0.2, 0) is 4.74 Å². The summed E-state index contributed by atoms with van der Waals surface area (Å²) in [5.41, 5.74) is 2.25. The van der Waals surface area contributed by atoms with Gasteiger partial charge in [0.2, 0.25) is 5.88 Å². The highest BCUT2D eigenvalue weighted by Crippen LogP contribution is 2.24. The number of benzene rings is 1. The number of ether oxygens (including phenoxy) is 2. The van der Waals surface area contributed by atoms with Crippen LogP contribution in [0.25, 0.3) is 0 Å². The molecule has 0 saturated carbocycles. The summed E-state index contributed by atoms with van der Waals surface area (Å²) >= 11 is 3.46. The Balaban J connectivity index is 1.64. The van der Waals surface area contributed by atoms with Gasteiger partial charge in [0, 0.05) is 35.3 Å². The second-order valence-corrected chi connectivity index (χ2v) is 6.54. The molecular weight excluding hydrogens is 372 g/mol. The van der Waals surface area contributed by atoms with Gasteiger partial charge in [0.15, 0.2) is 0 Å². The number of pyridine rings is 1. The Kier molecular flexibility index (Phi) is 5.48. The molecule has 0 radical (unpaired) electrons. The zero-order chi connectivity index (χ0) is 16.9. The summed E-state index contributed by atoms with van der Waals surface area (Å²) in [6.45, 7) is 3.39. The van der Waals surface area contributed by atoms with Gasteiger partial charge in [0.1, 0.15) is 6.10 Å². The highest BCUT2D eigenvalue weighted by molar-refractivity contribution is 9.10. The summed E-state index contributed by atoms with van der Waals surface area (Å²) in [5, 5.41) is 2.90. The van der Waals surface area contributed by atoms with E-state index in [-0.39, 0.29) is 12.0 Å². The summed E-state index contributed by atoms with van der Waals surface area (Å²) in [5.74, 6) is 0.346. The van der Waals surface area contributed by atoms with Gasteiger partial charge < -0.3 is 14.8 Å². The fourth-order valence-electron chi connectivity index (χ4n) is 2.49. The van der Waals surface area contributed by atoms with Gasteiger partial charge in [-0.15, -0.1) is 0 Å². The van der Waals surface area contributed by atoms with Gasteiger partial charge in [0.25, 0.3) is 5.91 Å². The predicted octanol–water partition coefficient (Wildman–Crippen LogP) is 3.96. The van der Waals surface area contributed by atoms with E-state index in [1.807, 2.05) is 25.1 Å². The highest BCUT2D eigenvalue weighted by atomic mass is 79.9. The van der Waals surface area contributed by atoms with Crippen molar-refractivity contribution < 1.29 is 14.3 Å². The average Bonchev–Trinajstić information content (AvgIpc) is 2.60. The highest BCUT2D eigenvalue weighted by Gasteiger charge is 2.16. The smallest absolute Gasteiger partial charge is 0.257 e. The van der Waals surface area contributed by atoms with Crippen LogP contribution in [0.15, 0.2) is 41.0 Å². The molecule has 1 aliphatic rings. The number of hydrogen-bond acceptors (Lipinski definition) is 4. The van der Waals surface area contributed by atoms with Crippen LogP contribution in [0.3, 0.4) is 0 Å². The summed E-state index contributed by atoms with van der Waals surface area (Å²) < 4.78 is 12.1. The predicted molar refractivity (Wildman–Crippen MR) is 95.5 cm³/mol. The van der Waals surface area contributed by atoms with E-state index in [4.69, 9.17) is 9.47 Å². The van der Waals surface area contributed by atoms with Crippen molar-refractivity contribution in [2.75, 3.05) is 18.5 Å². The number of halogens is 1. The van der Waals surface area contributed by atoms with Crippen molar-refractivity contribution in [1.82, 2.24) is 4.98 Å². The van der Waals surface area contributed by atoms with Crippen LogP contribution in [0.1, 0.15) is 28.8 Å². The molecule has 5 nitrogen and oxygen atoms in total. The second-order valence-electron chi connectivity index (χ2n) is 5.68. The molecule has 1 amide bonds. The minimum Gasteiger partial charge on any atom is -0.474 e. The number of hydrogen-bond donors (Lipinski definition) is 1. The number of carbonyl (C=O) groups excluding carboxylic acids is 1. The van der Waals surface area contributed by atoms with Crippen LogP contribution in [0, 0.1) is 6.92 Å². The van der Waals surface area contributed by atoms with Crippen LogP contribution in [0.4, 0.5) is 5.69 Å². The molecule has 1 saturated heterocycles. The fourth-order valence-corrected chi connectivity index (χ4v) is 2.85. The van der Waals surface area contributed by atoms with E-state index in [0.29, 0.717) is 11.4 Å². The Morgan fingerprint density at radius 2 is 2.08 bits per heavy atom. The van der Waals surface area contributed by atoms with E-state index in [1.165, 1.54) is 6.20 Å². The first kappa shape index (κ1) is 16.9. The molecule has 2 heterocycles. The molecule has 0 bridgehead atoms. The van der Waals surface area contributed by atoms with Crippen molar-refractivity contribution in [2.24, 2.45) is 0 Å². The summed E-state index contributed by atoms with van der Waals surface area (Å²) in [6, 6.07) is 9.15. The fraction of sp³-hybridized carbons (Fsp3) is 0.333.